The van der Waals surface area contributed by atoms with E-state index in [-0.39, 0.29) is 24.2 Å². The van der Waals surface area contributed by atoms with E-state index in [9.17, 15) is 4.79 Å². The van der Waals surface area contributed by atoms with E-state index < -0.39 is 0 Å². The summed E-state index contributed by atoms with van der Waals surface area (Å²) < 4.78 is 5.53. The second kappa shape index (κ2) is 6.68. The summed E-state index contributed by atoms with van der Waals surface area (Å²) in [4.78, 5) is 14.5. The lowest BCUT2D eigenvalue weighted by Gasteiger charge is -2.40. The highest BCUT2D eigenvalue weighted by molar-refractivity contribution is 5.86. The number of piperidine rings is 2. The summed E-state index contributed by atoms with van der Waals surface area (Å²) in [6.07, 6.45) is 5.19. The van der Waals surface area contributed by atoms with Crippen LogP contribution in [0, 0.1) is 0 Å². The minimum absolute atomic E-state index is 0.0706. The van der Waals surface area contributed by atoms with E-state index in [0.29, 0.717) is 6.61 Å². The number of aliphatic hydroxyl groups is 1. The molecule has 2 saturated heterocycles. The highest BCUT2D eigenvalue weighted by Crippen LogP contribution is 2.24. The number of amides is 1. The van der Waals surface area contributed by atoms with Crippen LogP contribution in [0.5, 0.6) is 0 Å². The molecule has 0 spiro atoms. The average Bonchev–Trinajstić information content (AvgIpc) is 2.46. The highest BCUT2D eigenvalue weighted by Gasteiger charge is 2.38. The van der Waals surface area contributed by atoms with Gasteiger partial charge in [0.25, 0.3) is 0 Å². The van der Waals surface area contributed by atoms with Crippen molar-refractivity contribution in [3.63, 3.8) is 0 Å². The molecule has 0 aromatic carbocycles. The summed E-state index contributed by atoms with van der Waals surface area (Å²) in [5, 5.41) is 12.1. The van der Waals surface area contributed by atoms with Gasteiger partial charge >= 0.3 is 0 Å². The van der Waals surface area contributed by atoms with Gasteiger partial charge in [-0.05, 0) is 45.6 Å². The van der Waals surface area contributed by atoms with Gasteiger partial charge in [-0.15, -0.1) is 0 Å². The van der Waals surface area contributed by atoms with Gasteiger partial charge in [-0.2, -0.15) is 0 Å². The van der Waals surface area contributed by atoms with E-state index in [1.54, 1.807) is 0 Å². The van der Waals surface area contributed by atoms with E-state index in [0.717, 1.165) is 45.3 Å². The summed E-state index contributed by atoms with van der Waals surface area (Å²) in [5.41, 5.74) is -0.364. The molecule has 2 rings (SSSR count). The van der Waals surface area contributed by atoms with Crippen LogP contribution >= 0.6 is 0 Å². The molecule has 5 nitrogen and oxygen atoms in total. The maximum atomic E-state index is 12.6. The first kappa shape index (κ1) is 14.8. The Hall–Kier alpha value is -0.650. The smallest absolute Gasteiger partial charge is 0.242 e. The third kappa shape index (κ3) is 3.68. The first-order valence-electron chi connectivity index (χ1n) is 7.42. The second-order valence-corrected chi connectivity index (χ2v) is 5.80. The van der Waals surface area contributed by atoms with Crippen molar-refractivity contribution in [1.82, 2.24) is 10.2 Å². The molecular weight excluding hydrogens is 244 g/mol. The van der Waals surface area contributed by atoms with Crippen LogP contribution in [0.25, 0.3) is 0 Å². The van der Waals surface area contributed by atoms with Crippen molar-refractivity contribution in [2.45, 2.75) is 50.7 Å². The van der Waals surface area contributed by atoms with Crippen molar-refractivity contribution in [2.75, 3.05) is 32.8 Å². The zero-order chi connectivity index (χ0) is 13.7. The van der Waals surface area contributed by atoms with Crippen LogP contribution < -0.4 is 5.32 Å². The quantitative estimate of drug-likeness (QED) is 0.782. The third-order valence-electron chi connectivity index (χ3n) is 4.26. The SMILES string of the molecule is CC1(C(=O)N2CCC(OCCO)CC2)CCCCN1. The molecule has 0 aliphatic carbocycles. The van der Waals surface area contributed by atoms with Crippen molar-refractivity contribution in [3.05, 3.63) is 0 Å². The van der Waals surface area contributed by atoms with Crippen molar-refractivity contribution in [1.29, 1.82) is 0 Å². The number of nitrogens with one attached hydrogen (secondary N) is 1. The Morgan fingerprint density at radius 3 is 2.74 bits per heavy atom. The van der Waals surface area contributed by atoms with Crippen LogP contribution in [0.4, 0.5) is 0 Å². The van der Waals surface area contributed by atoms with Crippen molar-refractivity contribution < 1.29 is 14.6 Å². The second-order valence-electron chi connectivity index (χ2n) is 5.80. The number of ether oxygens (including phenoxy) is 1. The van der Waals surface area contributed by atoms with Crippen LogP contribution in [0.3, 0.4) is 0 Å². The number of carbonyl (C=O) groups excluding carboxylic acids is 1. The van der Waals surface area contributed by atoms with Crippen LogP contribution in [0.1, 0.15) is 39.0 Å². The number of aliphatic hydroxyl groups excluding tert-OH is 1. The molecule has 2 N–H and O–H groups in total. The number of hydrogen-bond acceptors (Lipinski definition) is 4. The summed E-state index contributed by atoms with van der Waals surface area (Å²) in [6.45, 7) is 4.98. The van der Waals surface area contributed by atoms with Crippen LogP contribution in [-0.2, 0) is 9.53 Å². The van der Waals surface area contributed by atoms with E-state index in [4.69, 9.17) is 9.84 Å². The van der Waals surface area contributed by atoms with Gasteiger partial charge in [-0.25, -0.2) is 0 Å². The van der Waals surface area contributed by atoms with Crippen LogP contribution in [-0.4, -0.2) is 60.4 Å². The lowest BCUT2D eigenvalue weighted by molar-refractivity contribution is -0.141. The van der Waals surface area contributed by atoms with Crippen molar-refractivity contribution in [2.24, 2.45) is 0 Å². The Morgan fingerprint density at radius 2 is 2.16 bits per heavy atom. The Balaban J connectivity index is 1.81. The van der Waals surface area contributed by atoms with Gasteiger partial charge in [-0.3, -0.25) is 4.79 Å². The molecule has 0 aromatic heterocycles. The first-order chi connectivity index (χ1) is 9.15. The Kier molecular flexibility index (Phi) is 5.19. The third-order valence-corrected chi connectivity index (χ3v) is 4.26. The Labute approximate surface area is 115 Å². The predicted molar refractivity (Wildman–Crippen MR) is 72.9 cm³/mol. The normalized spacial score (nSPS) is 29.5. The standard InChI is InChI=1S/C14H26N2O3/c1-14(6-2-3-7-15-14)13(18)16-8-4-12(5-9-16)19-11-10-17/h12,15,17H,2-11H2,1H3. The molecule has 2 aliphatic rings. The summed E-state index contributed by atoms with van der Waals surface area (Å²) in [6, 6.07) is 0. The van der Waals surface area contributed by atoms with E-state index in [1.165, 1.54) is 6.42 Å². The van der Waals surface area contributed by atoms with Crippen molar-refractivity contribution >= 4 is 5.91 Å². The zero-order valence-corrected chi connectivity index (χ0v) is 11.9. The molecule has 1 amide bonds. The van der Waals surface area contributed by atoms with Crippen LogP contribution in [0.15, 0.2) is 0 Å². The highest BCUT2D eigenvalue weighted by atomic mass is 16.5. The summed E-state index contributed by atoms with van der Waals surface area (Å²) in [7, 11) is 0. The Morgan fingerprint density at radius 1 is 1.42 bits per heavy atom. The molecule has 2 fully saturated rings. The summed E-state index contributed by atoms with van der Waals surface area (Å²) >= 11 is 0. The molecule has 110 valence electrons. The molecular formula is C14H26N2O3. The molecule has 2 heterocycles. The zero-order valence-electron chi connectivity index (χ0n) is 11.9. The van der Waals surface area contributed by atoms with Gasteiger partial charge in [0.05, 0.1) is 24.9 Å². The largest absolute Gasteiger partial charge is 0.394 e. The van der Waals surface area contributed by atoms with Gasteiger partial charge in [0.15, 0.2) is 0 Å². The number of hydrogen-bond donors (Lipinski definition) is 2. The van der Waals surface area contributed by atoms with Gasteiger partial charge < -0.3 is 20.1 Å². The van der Waals surface area contributed by atoms with Crippen molar-refractivity contribution in [3.8, 4) is 0 Å². The molecule has 5 heteroatoms. The number of rotatable bonds is 4. The molecule has 1 atom stereocenters. The lowest BCUT2D eigenvalue weighted by atomic mass is 9.89. The maximum Gasteiger partial charge on any atom is 0.242 e. The van der Waals surface area contributed by atoms with E-state index in [2.05, 4.69) is 5.32 Å². The average molecular weight is 270 g/mol. The summed E-state index contributed by atoms with van der Waals surface area (Å²) in [5.74, 6) is 0.243. The lowest BCUT2D eigenvalue weighted by Crippen LogP contribution is -2.59. The molecule has 0 saturated carbocycles. The van der Waals surface area contributed by atoms with E-state index in [1.807, 2.05) is 11.8 Å². The maximum absolute atomic E-state index is 12.6. The van der Waals surface area contributed by atoms with Gasteiger partial charge in [-0.1, -0.05) is 0 Å². The number of nitrogens with zero attached hydrogens (tertiary/aromatic N) is 1. The van der Waals surface area contributed by atoms with Gasteiger partial charge in [0, 0.05) is 13.1 Å². The minimum atomic E-state index is -0.364. The first-order valence-corrected chi connectivity index (χ1v) is 7.42. The van der Waals surface area contributed by atoms with Gasteiger partial charge in [0.2, 0.25) is 5.91 Å². The monoisotopic (exact) mass is 270 g/mol. The number of carbonyl (C=O) groups is 1. The molecule has 0 aromatic rings. The molecule has 0 bridgehead atoms. The molecule has 2 aliphatic heterocycles. The fourth-order valence-electron chi connectivity index (χ4n) is 3.03. The fourth-order valence-corrected chi connectivity index (χ4v) is 3.03. The van der Waals surface area contributed by atoms with E-state index >= 15 is 0 Å². The van der Waals surface area contributed by atoms with Gasteiger partial charge in [0.1, 0.15) is 0 Å². The fraction of sp³-hybridized carbons (Fsp3) is 0.929. The molecule has 1 unspecified atom stereocenters. The minimum Gasteiger partial charge on any atom is -0.394 e. The topological polar surface area (TPSA) is 61.8 Å². The molecule has 0 radical (unpaired) electrons. The number of likely N-dealkylation sites (tertiary alicyclic amines) is 1. The Bertz CT molecular complexity index is 295. The molecule has 19 heavy (non-hydrogen) atoms. The predicted octanol–water partition coefficient (Wildman–Crippen LogP) is 0.518. The van der Waals surface area contributed by atoms with Crippen LogP contribution in [0.2, 0.25) is 0 Å².